The summed E-state index contributed by atoms with van der Waals surface area (Å²) in [6, 6.07) is 9.17. The van der Waals surface area contributed by atoms with Crippen molar-refractivity contribution < 1.29 is 5.11 Å². The van der Waals surface area contributed by atoms with Crippen LogP contribution in [0.4, 0.5) is 5.69 Å². The first kappa shape index (κ1) is 14.9. The lowest BCUT2D eigenvalue weighted by atomic mass is 9.83. The number of para-hydroxylation sites is 1. The van der Waals surface area contributed by atoms with Gasteiger partial charge in [-0.1, -0.05) is 25.1 Å². The normalized spacial score (nSPS) is 28.2. The van der Waals surface area contributed by atoms with Crippen molar-refractivity contribution in [1.82, 2.24) is 4.90 Å². The number of fused-ring (bicyclic) bond motifs is 1. The largest absolute Gasteiger partial charge is 0.388 e. The van der Waals surface area contributed by atoms with Gasteiger partial charge >= 0.3 is 0 Å². The predicted octanol–water partition coefficient (Wildman–Crippen LogP) is 3.05. The highest BCUT2D eigenvalue weighted by molar-refractivity contribution is 5.55. The summed E-state index contributed by atoms with van der Waals surface area (Å²) in [6.45, 7) is 5.55. The highest BCUT2D eigenvalue weighted by atomic mass is 16.3. The number of hydrogen-bond acceptors (Lipinski definition) is 3. The average molecular weight is 288 g/mol. The van der Waals surface area contributed by atoms with Gasteiger partial charge in [0.2, 0.25) is 0 Å². The highest BCUT2D eigenvalue weighted by Crippen LogP contribution is 2.35. The number of anilines is 1. The van der Waals surface area contributed by atoms with Crippen LogP contribution in [0.15, 0.2) is 24.3 Å². The van der Waals surface area contributed by atoms with Crippen LogP contribution in [0, 0.1) is 5.92 Å². The second kappa shape index (κ2) is 6.37. The minimum Gasteiger partial charge on any atom is -0.388 e. The second-order valence-corrected chi connectivity index (χ2v) is 6.67. The summed E-state index contributed by atoms with van der Waals surface area (Å²) in [5.41, 5.74) is 2.35. The molecule has 2 unspecified atom stereocenters. The summed E-state index contributed by atoms with van der Waals surface area (Å²) in [4.78, 5) is 5.06. The number of aliphatic hydroxyl groups is 1. The lowest BCUT2D eigenvalue weighted by molar-refractivity contribution is 0.102. The van der Waals surface area contributed by atoms with Gasteiger partial charge < -0.3 is 14.9 Å². The summed E-state index contributed by atoms with van der Waals surface area (Å²) in [5, 5.41) is 10.3. The Hall–Kier alpha value is -1.06. The van der Waals surface area contributed by atoms with Crippen LogP contribution in [0.25, 0.3) is 0 Å². The summed E-state index contributed by atoms with van der Waals surface area (Å²) in [7, 11) is 2.28. The van der Waals surface area contributed by atoms with Crippen LogP contribution in [-0.4, -0.2) is 42.7 Å². The molecular weight excluding hydrogens is 260 g/mol. The zero-order valence-electron chi connectivity index (χ0n) is 13.3. The average Bonchev–Trinajstić information content (AvgIpc) is 2.54. The first-order valence-corrected chi connectivity index (χ1v) is 8.43. The molecule has 3 rings (SSSR count). The van der Waals surface area contributed by atoms with E-state index in [1.165, 1.54) is 31.5 Å². The van der Waals surface area contributed by atoms with Crippen LogP contribution >= 0.6 is 0 Å². The zero-order valence-corrected chi connectivity index (χ0v) is 13.3. The minimum atomic E-state index is -0.340. The summed E-state index contributed by atoms with van der Waals surface area (Å²) in [5.74, 6) is 0.782. The molecule has 0 radical (unpaired) electrons. The smallest absolute Gasteiger partial charge is 0.0807 e. The molecule has 2 aliphatic heterocycles. The van der Waals surface area contributed by atoms with Gasteiger partial charge in [-0.25, -0.2) is 0 Å². The molecule has 2 fully saturated rings. The van der Waals surface area contributed by atoms with Crippen LogP contribution in [0.2, 0.25) is 0 Å². The minimum absolute atomic E-state index is 0.340. The molecule has 2 heterocycles. The van der Waals surface area contributed by atoms with E-state index in [0.717, 1.165) is 37.0 Å². The molecule has 0 spiro atoms. The van der Waals surface area contributed by atoms with Crippen LogP contribution < -0.4 is 4.90 Å². The van der Waals surface area contributed by atoms with E-state index in [4.69, 9.17) is 0 Å². The van der Waals surface area contributed by atoms with Gasteiger partial charge in [0, 0.05) is 30.4 Å². The van der Waals surface area contributed by atoms with Gasteiger partial charge in [0.1, 0.15) is 0 Å². The van der Waals surface area contributed by atoms with E-state index in [-0.39, 0.29) is 6.10 Å². The topological polar surface area (TPSA) is 26.7 Å². The Kier molecular flexibility index (Phi) is 4.51. The zero-order chi connectivity index (χ0) is 14.8. The van der Waals surface area contributed by atoms with Gasteiger partial charge in [0.25, 0.3) is 0 Å². The third-order valence-corrected chi connectivity index (χ3v) is 5.37. The van der Waals surface area contributed by atoms with Gasteiger partial charge in [-0.2, -0.15) is 0 Å². The van der Waals surface area contributed by atoms with Crippen molar-refractivity contribution in [2.45, 2.75) is 44.8 Å². The third kappa shape index (κ3) is 2.95. The van der Waals surface area contributed by atoms with Crippen molar-refractivity contribution in [3.05, 3.63) is 29.8 Å². The fraction of sp³-hybridized carbons (Fsp3) is 0.667. The SMILES string of the molecule is CC[C@H](O)c1ccccc1N1CCC2C(CCCN2C)C1. The predicted molar refractivity (Wildman–Crippen MR) is 87.7 cm³/mol. The fourth-order valence-corrected chi connectivity index (χ4v) is 4.15. The number of aliphatic hydroxyl groups excluding tert-OH is 1. The number of piperidine rings is 2. The van der Waals surface area contributed by atoms with Crippen molar-refractivity contribution in [2.75, 3.05) is 31.6 Å². The van der Waals surface area contributed by atoms with E-state index in [2.05, 4.69) is 35.0 Å². The molecule has 3 heteroatoms. The lowest BCUT2D eigenvalue weighted by Gasteiger charge is -2.47. The molecule has 1 aromatic rings. The Morgan fingerprint density at radius 1 is 1.24 bits per heavy atom. The standard InChI is InChI=1S/C18H28N2O/c1-3-18(21)15-8-4-5-9-17(15)20-12-10-16-14(13-20)7-6-11-19(16)2/h4-5,8-9,14,16,18,21H,3,6-7,10-13H2,1-2H3/t14?,16?,18-/m0/s1. The molecule has 3 atom stereocenters. The van der Waals surface area contributed by atoms with Crippen LogP contribution in [0.3, 0.4) is 0 Å². The molecule has 1 aromatic carbocycles. The van der Waals surface area contributed by atoms with Crippen LogP contribution in [0.1, 0.15) is 44.3 Å². The van der Waals surface area contributed by atoms with E-state index >= 15 is 0 Å². The first-order chi connectivity index (χ1) is 10.2. The fourth-order valence-electron chi connectivity index (χ4n) is 4.15. The Balaban J connectivity index is 1.79. The van der Waals surface area contributed by atoms with E-state index in [9.17, 15) is 5.11 Å². The van der Waals surface area contributed by atoms with Crippen molar-refractivity contribution in [1.29, 1.82) is 0 Å². The molecule has 0 saturated carbocycles. The third-order valence-electron chi connectivity index (χ3n) is 5.37. The molecule has 2 saturated heterocycles. The molecule has 0 aromatic heterocycles. The number of nitrogens with zero attached hydrogens (tertiary/aromatic N) is 2. The maximum Gasteiger partial charge on any atom is 0.0807 e. The Morgan fingerprint density at radius 3 is 2.86 bits per heavy atom. The molecule has 0 amide bonds. The Morgan fingerprint density at radius 2 is 2.05 bits per heavy atom. The molecular formula is C18H28N2O. The van der Waals surface area contributed by atoms with E-state index < -0.39 is 0 Å². The van der Waals surface area contributed by atoms with E-state index in [1.54, 1.807) is 0 Å². The van der Waals surface area contributed by atoms with E-state index in [0.29, 0.717) is 0 Å². The van der Waals surface area contributed by atoms with Gasteiger partial charge in [-0.05, 0) is 51.3 Å². The molecule has 116 valence electrons. The highest BCUT2D eigenvalue weighted by Gasteiger charge is 2.34. The molecule has 1 N–H and O–H groups in total. The maximum absolute atomic E-state index is 10.3. The molecule has 2 aliphatic rings. The Labute approximate surface area is 128 Å². The first-order valence-electron chi connectivity index (χ1n) is 8.43. The number of rotatable bonds is 3. The van der Waals surface area contributed by atoms with Crippen molar-refractivity contribution in [3.63, 3.8) is 0 Å². The van der Waals surface area contributed by atoms with Crippen molar-refractivity contribution >= 4 is 5.69 Å². The summed E-state index contributed by atoms with van der Waals surface area (Å²) in [6.07, 6.45) is 4.36. The van der Waals surface area contributed by atoms with Gasteiger partial charge in [0.15, 0.2) is 0 Å². The van der Waals surface area contributed by atoms with E-state index in [1.807, 2.05) is 13.0 Å². The molecule has 0 aliphatic carbocycles. The second-order valence-electron chi connectivity index (χ2n) is 6.67. The number of benzene rings is 1. The van der Waals surface area contributed by atoms with Crippen LogP contribution in [-0.2, 0) is 0 Å². The van der Waals surface area contributed by atoms with Crippen LogP contribution in [0.5, 0.6) is 0 Å². The van der Waals surface area contributed by atoms with Gasteiger partial charge in [-0.3, -0.25) is 0 Å². The van der Waals surface area contributed by atoms with Crippen molar-refractivity contribution in [2.24, 2.45) is 5.92 Å². The van der Waals surface area contributed by atoms with Gasteiger partial charge in [-0.15, -0.1) is 0 Å². The monoisotopic (exact) mass is 288 g/mol. The summed E-state index contributed by atoms with van der Waals surface area (Å²) < 4.78 is 0. The molecule has 0 bridgehead atoms. The van der Waals surface area contributed by atoms with Crippen molar-refractivity contribution in [3.8, 4) is 0 Å². The number of hydrogen-bond donors (Lipinski definition) is 1. The van der Waals surface area contributed by atoms with Gasteiger partial charge in [0.05, 0.1) is 6.10 Å². The quantitative estimate of drug-likeness (QED) is 0.926. The summed E-state index contributed by atoms with van der Waals surface area (Å²) >= 11 is 0. The molecule has 21 heavy (non-hydrogen) atoms. The maximum atomic E-state index is 10.3. The Bertz CT molecular complexity index is 476. The molecule has 3 nitrogen and oxygen atoms in total. The lowest BCUT2D eigenvalue weighted by Crippen LogP contribution is -2.52. The number of likely N-dealkylation sites (tertiary alicyclic amines) is 1.